The first-order chi connectivity index (χ1) is 10.1. The highest BCUT2D eigenvalue weighted by Crippen LogP contribution is 2.33. The molecule has 2 aromatic rings. The highest BCUT2D eigenvalue weighted by Gasteiger charge is 2.38. The zero-order chi connectivity index (χ0) is 14.8. The van der Waals surface area contributed by atoms with Crippen LogP contribution in [-0.4, -0.2) is 38.8 Å². The Morgan fingerprint density at radius 3 is 2.71 bits per heavy atom. The Labute approximate surface area is 123 Å². The summed E-state index contributed by atoms with van der Waals surface area (Å²) in [4.78, 5) is 13.8. The first-order valence-electron chi connectivity index (χ1n) is 7.11. The van der Waals surface area contributed by atoms with Crippen LogP contribution in [0.5, 0.6) is 0 Å². The summed E-state index contributed by atoms with van der Waals surface area (Å²) < 4.78 is 1.73. The van der Waals surface area contributed by atoms with Crippen molar-refractivity contribution < 1.29 is 9.90 Å². The standard InChI is InChI=1S/C16H19N3O2/c1-18-9-13(7-17-18)14-10-19(11-15(14)16(20)21)8-12-5-3-2-4-6-12/h2-7,9,14-15H,8,10-11H2,1H3,(H,20,21)/t14-,15-/m1/s1. The number of nitrogens with zero attached hydrogens (tertiary/aromatic N) is 3. The minimum atomic E-state index is -0.723. The first kappa shape index (κ1) is 13.8. The van der Waals surface area contributed by atoms with Crippen LogP contribution in [-0.2, 0) is 18.4 Å². The van der Waals surface area contributed by atoms with Gasteiger partial charge in [-0.3, -0.25) is 14.4 Å². The fourth-order valence-electron chi connectivity index (χ4n) is 3.08. The topological polar surface area (TPSA) is 58.4 Å². The van der Waals surface area contributed by atoms with Gasteiger partial charge in [0.1, 0.15) is 0 Å². The molecule has 0 radical (unpaired) electrons. The molecule has 5 nitrogen and oxygen atoms in total. The molecule has 0 aliphatic carbocycles. The van der Waals surface area contributed by atoms with E-state index in [1.54, 1.807) is 10.9 Å². The lowest BCUT2D eigenvalue weighted by atomic mass is 9.91. The molecule has 1 saturated heterocycles. The van der Waals surface area contributed by atoms with E-state index in [9.17, 15) is 9.90 Å². The van der Waals surface area contributed by atoms with Gasteiger partial charge >= 0.3 is 5.97 Å². The van der Waals surface area contributed by atoms with E-state index in [1.165, 1.54) is 5.56 Å². The number of likely N-dealkylation sites (tertiary alicyclic amines) is 1. The molecule has 21 heavy (non-hydrogen) atoms. The van der Waals surface area contributed by atoms with Crippen molar-refractivity contribution in [1.82, 2.24) is 14.7 Å². The maximum absolute atomic E-state index is 11.5. The number of benzene rings is 1. The Morgan fingerprint density at radius 2 is 2.10 bits per heavy atom. The summed E-state index contributed by atoms with van der Waals surface area (Å²) >= 11 is 0. The lowest BCUT2D eigenvalue weighted by Crippen LogP contribution is -2.23. The Hall–Kier alpha value is -2.14. The SMILES string of the molecule is Cn1cc([C@H]2CN(Cc3ccccc3)C[C@H]2C(=O)O)cn1. The van der Waals surface area contributed by atoms with Gasteiger partial charge < -0.3 is 5.11 Å². The van der Waals surface area contributed by atoms with Crippen LogP contribution in [0.15, 0.2) is 42.7 Å². The number of hydrogen-bond donors (Lipinski definition) is 1. The molecule has 1 aliphatic heterocycles. The van der Waals surface area contributed by atoms with Crippen molar-refractivity contribution >= 4 is 5.97 Å². The van der Waals surface area contributed by atoms with Crippen LogP contribution in [0.3, 0.4) is 0 Å². The molecule has 0 bridgehead atoms. The van der Waals surface area contributed by atoms with E-state index in [0.717, 1.165) is 18.7 Å². The third-order valence-corrected chi connectivity index (χ3v) is 4.11. The van der Waals surface area contributed by atoms with Crippen molar-refractivity contribution in [1.29, 1.82) is 0 Å². The van der Waals surface area contributed by atoms with Crippen LogP contribution in [0.1, 0.15) is 17.0 Å². The van der Waals surface area contributed by atoms with Crippen LogP contribution in [0, 0.1) is 5.92 Å². The van der Waals surface area contributed by atoms with Gasteiger partial charge in [0.05, 0.1) is 12.1 Å². The van der Waals surface area contributed by atoms with E-state index < -0.39 is 5.97 Å². The summed E-state index contributed by atoms with van der Waals surface area (Å²) in [7, 11) is 1.86. The number of carbonyl (C=O) groups is 1. The van der Waals surface area contributed by atoms with Crippen LogP contribution in [0.2, 0.25) is 0 Å². The Bertz CT molecular complexity index is 623. The lowest BCUT2D eigenvalue weighted by Gasteiger charge is -2.15. The van der Waals surface area contributed by atoms with Gasteiger partial charge in [-0.25, -0.2) is 0 Å². The van der Waals surface area contributed by atoms with Crippen molar-refractivity contribution in [3.8, 4) is 0 Å². The molecule has 0 unspecified atom stereocenters. The third-order valence-electron chi connectivity index (χ3n) is 4.11. The van der Waals surface area contributed by atoms with Gasteiger partial charge in [0.25, 0.3) is 0 Å². The van der Waals surface area contributed by atoms with Gasteiger partial charge in [-0.05, 0) is 11.1 Å². The van der Waals surface area contributed by atoms with Gasteiger partial charge in [0, 0.05) is 38.8 Å². The quantitative estimate of drug-likeness (QED) is 0.929. The first-order valence-corrected chi connectivity index (χ1v) is 7.11. The zero-order valence-electron chi connectivity index (χ0n) is 12.0. The summed E-state index contributed by atoms with van der Waals surface area (Å²) in [6.07, 6.45) is 3.71. The number of hydrogen-bond acceptors (Lipinski definition) is 3. The fraction of sp³-hybridized carbons (Fsp3) is 0.375. The zero-order valence-corrected chi connectivity index (χ0v) is 12.0. The second-order valence-electron chi connectivity index (χ2n) is 5.68. The Morgan fingerprint density at radius 1 is 1.33 bits per heavy atom. The molecule has 0 spiro atoms. The van der Waals surface area contributed by atoms with Crippen LogP contribution < -0.4 is 0 Å². The van der Waals surface area contributed by atoms with Gasteiger partial charge in [0.2, 0.25) is 0 Å². The molecule has 0 saturated carbocycles. The number of aryl methyl sites for hydroxylation is 1. The molecule has 110 valence electrons. The monoisotopic (exact) mass is 285 g/mol. The lowest BCUT2D eigenvalue weighted by molar-refractivity contribution is -0.141. The summed E-state index contributed by atoms with van der Waals surface area (Å²) in [5.41, 5.74) is 2.23. The Balaban J connectivity index is 1.76. The molecular weight excluding hydrogens is 266 g/mol. The average Bonchev–Trinajstić information content (AvgIpc) is 3.06. The number of carboxylic acid groups (broad SMARTS) is 1. The van der Waals surface area contributed by atoms with E-state index in [2.05, 4.69) is 22.1 Å². The summed E-state index contributed by atoms with van der Waals surface area (Å²) in [6, 6.07) is 10.2. The molecule has 1 N–H and O–H groups in total. The van der Waals surface area contributed by atoms with E-state index in [1.807, 2.05) is 31.4 Å². The maximum Gasteiger partial charge on any atom is 0.308 e. The Kier molecular flexibility index (Phi) is 3.75. The second kappa shape index (κ2) is 5.69. The predicted octanol–water partition coefficient (Wildman–Crippen LogP) is 1.72. The number of rotatable bonds is 4. The molecule has 1 fully saturated rings. The third kappa shape index (κ3) is 2.97. The second-order valence-corrected chi connectivity index (χ2v) is 5.68. The molecule has 0 amide bonds. The van der Waals surface area contributed by atoms with Gasteiger partial charge in [-0.15, -0.1) is 0 Å². The highest BCUT2D eigenvalue weighted by molar-refractivity contribution is 5.72. The smallest absolute Gasteiger partial charge is 0.308 e. The minimum absolute atomic E-state index is 0.0138. The van der Waals surface area contributed by atoms with Crippen LogP contribution in [0.25, 0.3) is 0 Å². The highest BCUT2D eigenvalue weighted by atomic mass is 16.4. The van der Waals surface area contributed by atoms with Crippen molar-refractivity contribution in [3.63, 3.8) is 0 Å². The minimum Gasteiger partial charge on any atom is -0.481 e. The van der Waals surface area contributed by atoms with Crippen molar-refractivity contribution in [2.45, 2.75) is 12.5 Å². The average molecular weight is 285 g/mol. The van der Waals surface area contributed by atoms with E-state index in [0.29, 0.717) is 6.54 Å². The summed E-state index contributed by atoms with van der Waals surface area (Å²) in [6.45, 7) is 2.14. The number of aliphatic carboxylic acids is 1. The molecule has 1 aromatic heterocycles. The molecule has 5 heteroatoms. The molecular formula is C16H19N3O2. The van der Waals surface area contributed by atoms with Crippen molar-refractivity contribution in [2.24, 2.45) is 13.0 Å². The fourth-order valence-corrected chi connectivity index (χ4v) is 3.08. The normalized spacial score (nSPS) is 22.5. The predicted molar refractivity (Wildman–Crippen MR) is 78.8 cm³/mol. The van der Waals surface area contributed by atoms with Crippen molar-refractivity contribution in [2.75, 3.05) is 13.1 Å². The van der Waals surface area contributed by atoms with E-state index >= 15 is 0 Å². The van der Waals surface area contributed by atoms with Gasteiger partial charge in [0.15, 0.2) is 0 Å². The van der Waals surface area contributed by atoms with E-state index in [4.69, 9.17) is 0 Å². The largest absolute Gasteiger partial charge is 0.481 e. The molecule has 3 rings (SSSR count). The number of carboxylic acids is 1. The molecule has 2 heterocycles. The maximum atomic E-state index is 11.5. The molecule has 2 atom stereocenters. The molecule has 1 aliphatic rings. The van der Waals surface area contributed by atoms with Crippen LogP contribution in [0.4, 0.5) is 0 Å². The summed E-state index contributed by atoms with van der Waals surface area (Å²) in [5, 5.41) is 13.7. The van der Waals surface area contributed by atoms with Gasteiger partial charge in [-0.2, -0.15) is 5.10 Å². The summed E-state index contributed by atoms with van der Waals surface area (Å²) in [5.74, 6) is -1.07. The van der Waals surface area contributed by atoms with Crippen molar-refractivity contribution in [3.05, 3.63) is 53.9 Å². The molecule has 1 aromatic carbocycles. The van der Waals surface area contributed by atoms with Crippen LogP contribution >= 0.6 is 0 Å². The number of aromatic nitrogens is 2. The van der Waals surface area contributed by atoms with Gasteiger partial charge in [-0.1, -0.05) is 30.3 Å². The van der Waals surface area contributed by atoms with E-state index in [-0.39, 0.29) is 11.8 Å².